The van der Waals surface area contributed by atoms with E-state index in [1.165, 1.54) is 0 Å². The van der Waals surface area contributed by atoms with Crippen molar-refractivity contribution in [3.63, 3.8) is 0 Å². The maximum atomic E-state index is 5.71. The summed E-state index contributed by atoms with van der Waals surface area (Å²) in [6.45, 7) is 9.47. The van der Waals surface area contributed by atoms with Crippen LogP contribution in [0.25, 0.3) is 0 Å². The zero-order chi connectivity index (χ0) is 18.6. The summed E-state index contributed by atoms with van der Waals surface area (Å²) >= 11 is 1.68. The van der Waals surface area contributed by atoms with E-state index in [-0.39, 0.29) is 0 Å². The van der Waals surface area contributed by atoms with Gasteiger partial charge in [-0.25, -0.2) is 9.98 Å². The predicted molar refractivity (Wildman–Crippen MR) is 110 cm³/mol. The molecule has 0 amide bonds. The van der Waals surface area contributed by atoms with Gasteiger partial charge in [0.2, 0.25) is 0 Å². The van der Waals surface area contributed by atoms with E-state index in [2.05, 4.69) is 46.8 Å². The van der Waals surface area contributed by atoms with Crippen LogP contribution in [0.4, 0.5) is 0 Å². The summed E-state index contributed by atoms with van der Waals surface area (Å²) in [5.41, 5.74) is 1.15. The summed E-state index contributed by atoms with van der Waals surface area (Å²) in [5, 5.41) is 9.85. The zero-order valence-electron chi connectivity index (χ0n) is 16.0. The summed E-state index contributed by atoms with van der Waals surface area (Å²) < 4.78 is 5.71. The number of nitrogens with one attached hydrogen (secondary N) is 2. The Morgan fingerprint density at radius 2 is 2.00 bits per heavy atom. The van der Waals surface area contributed by atoms with Crippen LogP contribution in [0.3, 0.4) is 0 Å². The summed E-state index contributed by atoms with van der Waals surface area (Å²) in [7, 11) is 0. The molecule has 0 spiro atoms. The fourth-order valence-corrected chi connectivity index (χ4v) is 3.17. The Bertz CT molecular complexity index is 655. The summed E-state index contributed by atoms with van der Waals surface area (Å²) in [4.78, 5) is 9.26. The molecule has 1 aromatic heterocycles. The minimum absolute atomic E-state index is 0.466. The Morgan fingerprint density at radius 1 is 1.19 bits per heavy atom. The van der Waals surface area contributed by atoms with Crippen molar-refractivity contribution in [1.29, 1.82) is 0 Å². The number of hydrogen-bond acceptors (Lipinski definition) is 4. The van der Waals surface area contributed by atoms with Gasteiger partial charge in [-0.2, -0.15) is 0 Å². The van der Waals surface area contributed by atoms with Gasteiger partial charge in [-0.15, -0.1) is 11.3 Å². The molecule has 0 unspecified atom stereocenters. The highest BCUT2D eigenvalue weighted by Gasteiger charge is 2.05. The van der Waals surface area contributed by atoms with E-state index in [9.17, 15) is 0 Å². The number of unbranched alkanes of at least 4 members (excludes halogenated alkanes) is 1. The van der Waals surface area contributed by atoms with Crippen LogP contribution in [-0.4, -0.2) is 30.6 Å². The maximum absolute atomic E-state index is 5.71. The third-order valence-corrected chi connectivity index (χ3v) is 4.60. The van der Waals surface area contributed by atoms with Crippen molar-refractivity contribution in [2.75, 3.05) is 19.7 Å². The molecule has 0 saturated carbocycles. The number of para-hydroxylation sites is 1. The standard InChI is InChI=1S/C20H30N4OS/c1-4-21-20(23-14-19-24-18(15-26-19)16(2)3)22-12-8-9-13-25-17-10-6-5-7-11-17/h5-7,10-11,15-16H,4,8-9,12-14H2,1-3H3,(H2,21,22,23). The van der Waals surface area contributed by atoms with Gasteiger partial charge in [-0.1, -0.05) is 32.0 Å². The maximum Gasteiger partial charge on any atom is 0.191 e. The molecule has 0 aliphatic rings. The number of hydrogen-bond donors (Lipinski definition) is 2. The van der Waals surface area contributed by atoms with E-state index >= 15 is 0 Å². The molecule has 0 radical (unpaired) electrons. The summed E-state index contributed by atoms with van der Waals surface area (Å²) in [6.07, 6.45) is 2.04. The Kier molecular flexibility index (Phi) is 8.96. The minimum atomic E-state index is 0.466. The van der Waals surface area contributed by atoms with Crippen molar-refractivity contribution < 1.29 is 4.74 Å². The molecule has 2 N–H and O–H groups in total. The highest BCUT2D eigenvalue weighted by Crippen LogP contribution is 2.18. The van der Waals surface area contributed by atoms with Crippen LogP contribution in [0.5, 0.6) is 5.75 Å². The van der Waals surface area contributed by atoms with Crippen molar-refractivity contribution in [2.24, 2.45) is 4.99 Å². The van der Waals surface area contributed by atoms with Gasteiger partial charge in [0.05, 0.1) is 18.8 Å². The molecule has 26 heavy (non-hydrogen) atoms. The van der Waals surface area contributed by atoms with Gasteiger partial charge >= 0.3 is 0 Å². The lowest BCUT2D eigenvalue weighted by atomic mass is 10.2. The lowest BCUT2D eigenvalue weighted by Gasteiger charge is -2.11. The van der Waals surface area contributed by atoms with Crippen LogP contribution in [-0.2, 0) is 6.54 Å². The second-order valence-electron chi connectivity index (χ2n) is 6.31. The molecule has 0 fully saturated rings. The Hall–Kier alpha value is -2.08. The molecule has 142 valence electrons. The minimum Gasteiger partial charge on any atom is -0.494 e. The van der Waals surface area contributed by atoms with Crippen LogP contribution in [0.2, 0.25) is 0 Å². The average Bonchev–Trinajstić information content (AvgIpc) is 3.12. The molecule has 0 aliphatic carbocycles. The Morgan fingerprint density at radius 3 is 2.69 bits per heavy atom. The third-order valence-electron chi connectivity index (χ3n) is 3.75. The van der Waals surface area contributed by atoms with Crippen LogP contribution in [0, 0.1) is 0 Å². The fourth-order valence-electron chi connectivity index (χ4n) is 2.29. The van der Waals surface area contributed by atoms with Gasteiger partial charge in [0, 0.05) is 18.5 Å². The molecule has 5 nitrogen and oxygen atoms in total. The van der Waals surface area contributed by atoms with E-state index < -0.39 is 0 Å². The third kappa shape index (κ3) is 7.44. The second kappa shape index (κ2) is 11.5. The number of ether oxygens (including phenoxy) is 1. The molecule has 2 rings (SSSR count). The number of aliphatic imine (C=N–C) groups is 1. The molecule has 0 aliphatic heterocycles. The average molecular weight is 375 g/mol. The first-order chi connectivity index (χ1) is 12.7. The molecular weight excluding hydrogens is 344 g/mol. The van der Waals surface area contributed by atoms with E-state index in [1.54, 1.807) is 11.3 Å². The molecule has 1 heterocycles. The summed E-state index contributed by atoms with van der Waals surface area (Å²) in [5.74, 6) is 2.24. The second-order valence-corrected chi connectivity index (χ2v) is 7.25. The van der Waals surface area contributed by atoms with Gasteiger partial charge in [-0.3, -0.25) is 0 Å². The number of benzene rings is 1. The number of thiazole rings is 1. The largest absolute Gasteiger partial charge is 0.494 e. The van der Waals surface area contributed by atoms with Crippen LogP contribution in [0.15, 0.2) is 40.7 Å². The molecule has 1 aromatic carbocycles. The van der Waals surface area contributed by atoms with E-state index in [4.69, 9.17) is 4.74 Å². The van der Waals surface area contributed by atoms with Crippen molar-refractivity contribution in [1.82, 2.24) is 15.6 Å². The first-order valence-electron chi connectivity index (χ1n) is 9.33. The van der Waals surface area contributed by atoms with E-state index in [1.807, 2.05) is 30.3 Å². The highest BCUT2D eigenvalue weighted by atomic mass is 32.1. The van der Waals surface area contributed by atoms with Crippen LogP contribution in [0.1, 0.15) is 50.2 Å². The monoisotopic (exact) mass is 374 g/mol. The summed E-state index contributed by atoms with van der Waals surface area (Å²) in [6, 6.07) is 9.94. The van der Waals surface area contributed by atoms with Gasteiger partial charge in [0.15, 0.2) is 5.96 Å². The highest BCUT2D eigenvalue weighted by molar-refractivity contribution is 7.09. The number of nitrogens with zero attached hydrogens (tertiary/aromatic N) is 2. The van der Waals surface area contributed by atoms with Gasteiger partial charge in [0.1, 0.15) is 10.8 Å². The van der Waals surface area contributed by atoms with Gasteiger partial charge in [-0.05, 0) is 37.8 Å². The van der Waals surface area contributed by atoms with Crippen LogP contribution >= 0.6 is 11.3 Å². The quantitative estimate of drug-likeness (QED) is 0.372. The molecule has 0 atom stereocenters. The van der Waals surface area contributed by atoms with Crippen molar-refractivity contribution >= 4 is 17.3 Å². The van der Waals surface area contributed by atoms with Crippen LogP contribution < -0.4 is 15.4 Å². The normalized spacial score (nSPS) is 11.6. The van der Waals surface area contributed by atoms with Gasteiger partial charge < -0.3 is 15.4 Å². The number of aromatic nitrogens is 1. The smallest absolute Gasteiger partial charge is 0.191 e. The number of rotatable bonds is 10. The SMILES string of the molecule is CCNC(=NCc1nc(C(C)C)cs1)NCCCCOc1ccccc1. The van der Waals surface area contributed by atoms with Crippen molar-refractivity contribution in [2.45, 2.75) is 46.1 Å². The van der Waals surface area contributed by atoms with Gasteiger partial charge in [0.25, 0.3) is 0 Å². The molecule has 2 aromatic rings. The fraction of sp³-hybridized carbons (Fsp3) is 0.500. The molecular formula is C20H30N4OS. The van der Waals surface area contributed by atoms with E-state index in [0.717, 1.165) is 54.9 Å². The molecule has 0 saturated heterocycles. The predicted octanol–water partition coefficient (Wildman–Crippen LogP) is 4.18. The zero-order valence-corrected chi connectivity index (χ0v) is 16.8. The Balaban J connectivity index is 1.68. The first-order valence-corrected chi connectivity index (χ1v) is 10.2. The first kappa shape index (κ1) is 20.2. The Labute approximate surface area is 160 Å². The molecule has 0 bridgehead atoms. The topological polar surface area (TPSA) is 58.5 Å². The molecule has 6 heteroatoms. The van der Waals surface area contributed by atoms with Crippen molar-refractivity contribution in [3.8, 4) is 5.75 Å². The lowest BCUT2D eigenvalue weighted by Crippen LogP contribution is -2.37. The van der Waals surface area contributed by atoms with Crippen molar-refractivity contribution in [3.05, 3.63) is 46.4 Å². The van der Waals surface area contributed by atoms with E-state index in [0.29, 0.717) is 12.5 Å². The lowest BCUT2D eigenvalue weighted by molar-refractivity contribution is 0.307. The number of guanidine groups is 1.